The van der Waals surface area contributed by atoms with Crippen LogP contribution in [-0.4, -0.2) is 36.3 Å². The molecule has 18 heavy (non-hydrogen) atoms. The molecule has 1 saturated heterocycles. The van der Waals surface area contributed by atoms with Crippen molar-refractivity contribution in [1.82, 2.24) is 10.2 Å². The smallest absolute Gasteiger partial charge is 0.256 e. The Hall–Kier alpha value is -1.49. The maximum absolute atomic E-state index is 11.8. The number of nitrogens with zero attached hydrogens (tertiary/aromatic N) is 1. The molecular formula is C12H15ClN2O3. The van der Waals surface area contributed by atoms with E-state index in [1.54, 1.807) is 4.90 Å². The van der Waals surface area contributed by atoms with Gasteiger partial charge in [0.1, 0.15) is 0 Å². The van der Waals surface area contributed by atoms with Crippen LogP contribution in [0.1, 0.15) is 29.6 Å². The van der Waals surface area contributed by atoms with Crippen LogP contribution in [0, 0.1) is 0 Å². The quantitative estimate of drug-likeness (QED) is 0.909. The third-order valence-corrected chi connectivity index (χ3v) is 3.26. The lowest BCUT2D eigenvalue weighted by Gasteiger charge is -2.26. The highest BCUT2D eigenvalue weighted by Gasteiger charge is 2.18. The van der Waals surface area contributed by atoms with E-state index in [9.17, 15) is 9.59 Å². The molecule has 0 bridgehead atoms. The molecule has 1 aromatic heterocycles. The van der Waals surface area contributed by atoms with Gasteiger partial charge in [-0.15, -0.1) is 0 Å². The molecule has 0 aliphatic carbocycles. The second-order valence-corrected chi connectivity index (χ2v) is 4.58. The van der Waals surface area contributed by atoms with Crippen LogP contribution in [0.15, 0.2) is 16.7 Å². The Morgan fingerprint density at radius 3 is 2.67 bits per heavy atom. The van der Waals surface area contributed by atoms with E-state index in [0.717, 1.165) is 25.9 Å². The number of rotatable bonds is 3. The van der Waals surface area contributed by atoms with Crippen molar-refractivity contribution in [2.75, 3.05) is 19.6 Å². The summed E-state index contributed by atoms with van der Waals surface area (Å²) in [5.41, 5.74) is 0.253. The first-order valence-electron chi connectivity index (χ1n) is 5.97. The number of piperidine rings is 1. The number of nitrogens with one attached hydrogen (secondary N) is 1. The first-order chi connectivity index (χ1) is 8.68. The molecule has 0 saturated carbocycles. The zero-order valence-electron chi connectivity index (χ0n) is 9.95. The average Bonchev–Trinajstić information content (AvgIpc) is 2.83. The molecule has 5 nitrogen and oxygen atoms in total. The van der Waals surface area contributed by atoms with Crippen molar-refractivity contribution in [2.45, 2.75) is 19.3 Å². The topological polar surface area (TPSA) is 62.6 Å². The summed E-state index contributed by atoms with van der Waals surface area (Å²) in [6, 6.07) is 1.48. The molecule has 1 fully saturated rings. The van der Waals surface area contributed by atoms with Crippen LogP contribution in [0.5, 0.6) is 0 Å². The van der Waals surface area contributed by atoms with Crippen molar-refractivity contribution >= 4 is 23.4 Å². The molecule has 6 heteroatoms. The highest BCUT2D eigenvalue weighted by atomic mass is 35.5. The molecular weight excluding hydrogens is 256 g/mol. The molecule has 2 heterocycles. The lowest BCUT2D eigenvalue weighted by atomic mass is 10.1. The van der Waals surface area contributed by atoms with Crippen LogP contribution < -0.4 is 5.32 Å². The minimum absolute atomic E-state index is 0.000340. The van der Waals surface area contributed by atoms with Gasteiger partial charge in [0.05, 0.1) is 18.4 Å². The van der Waals surface area contributed by atoms with Crippen LogP contribution >= 0.6 is 11.6 Å². The summed E-state index contributed by atoms with van der Waals surface area (Å²) in [6.45, 7) is 1.56. The average molecular weight is 271 g/mol. The lowest BCUT2D eigenvalue weighted by Crippen LogP contribution is -2.42. The van der Waals surface area contributed by atoms with E-state index in [4.69, 9.17) is 16.0 Å². The molecule has 1 N–H and O–H groups in total. The molecule has 0 atom stereocenters. The third kappa shape index (κ3) is 3.04. The standard InChI is InChI=1S/C12H15ClN2O3/c13-11-9(4-7-18-11)12(17)14-8-10(16)15-5-2-1-3-6-15/h4,7H,1-3,5-6,8H2,(H,14,17). The minimum Gasteiger partial charge on any atom is -0.452 e. The lowest BCUT2D eigenvalue weighted by molar-refractivity contribution is -0.130. The number of halogens is 1. The Morgan fingerprint density at radius 1 is 1.33 bits per heavy atom. The number of furan rings is 1. The van der Waals surface area contributed by atoms with E-state index in [-0.39, 0.29) is 29.1 Å². The van der Waals surface area contributed by atoms with Gasteiger partial charge in [0.25, 0.3) is 5.91 Å². The van der Waals surface area contributed by atoms with E-state index in [1.807, 2.05) is 0 Å². The van der Waals surface area contributed by atoms with E-state index < -0.39 is 0 Å². The predicted octanol–water partition coefficient (Wildman–Crippen LogP) is 1.68. The fourth-order valence-corrected chi connectivity index (χ4v) is 2.16. The van der Waals surface area contributed by atoms with Crippen molar-refractivity contribution < 1.29 is 14.0 Å². The molecule has 0 aromatic carbocycles. The second kappa shape index (κ2) is 5.91. The van der Waals surface area contributed by atoms with E-state index in [1.165, 1.54) is 18.8 Å². The van der Waals surface area contributed by atoms with Crippen LogP contribution in [-0.2, 0) is 4.79 Å². The molecule has 98 valence electrons. The summed E-state index contributed by atoms with van der Waals surface area (Å²) < 4.78 is 4.82. The van der Waals surface area contributed by atoms with E-state index in [0.29, 0.717) is 0 Å². The number of hydrogen-bond acceptors (Lipinski definition) is 3. The molecule has 0 unspecified atom stereocenters. The van der Waals surface area contributed by atoms with Crippen LogP contribution in [0.25, 0.3) is 0 Å². The highest BCUT2D eigenvalue weighted by Crippen LogP contribution is 2.16. The Labute approximate surface area is 110 Å². The molecule has 1 aromatic rings. The molecule has 2 rings (SSSR count). The Morgan fingerprint density at radius 2 is 2.06 bits per heavy atom. The predicted molar refractivity (Wildman–Crippen MR) is 66.5 cm³/mol. The maximum atomic E-state index is 11.8. The van der Waals surface area contributed by atoms with Gasteiger partial charge in [0.2, 0.25) is 11.1 Å². The largest absolute Gasteiger partial charge is 0.452 e. The van der Waals surface area contributed by atoms with Crippen LogP contribution in [0.3, 0.4) is 0 Å². The molecule has 0 spiro atoms. The van der Waals surface area contributed by atoms with Gasteiger partial charge in [-0.3, -0.25) is 9.59 Å². The second-order valence-electron chi connectivity index (χ2n) is 4.23. The van der Waals surface area contributed by atoms with Crippen molar-refractivity contribution in [3.63, 3.8) is 0 Å². The maximum Gasteiger partial charge on any atom is 0.256 e. The monoisotopic (exact) mass is 270 g/mol. The summed E-state index contributed by atoms with van der Waals surface area (Å²) in [4.78, 5) is 25.3. The van der Waals surface area contributed by atoms with Gasteiger partial charge in [0, 0.05) is 13.1 Å². The summed E-state index contributed by atoms with van der Waals surface area (Å²) in [7, 11) is 0. The summed E-state index contributed by atoms with van der Waals surface area (Å²) in [6.07, 6.45) is 4.57. The van der Waals surface area contributed by atoms with Gasteiger partial charge in [-0.05, 0) is 36.9 Å². The van der Waals surface area contributed by atoms with Crippen LogP contribution in [0.2, 0.25) is 5.22 Å². The molecule has 1 aliphatic rings. The summed E-state index contributed by atoms with van der Waals surface area (Å²) in [5, 5.41) is 2.59. The van der Waals surface area contributed by atoms with Crippen molar-refractivity contribution in [2.24, 2.45) is 0 Å². The summed E-state index contributed by atoms with van der Waals surface area (Å²) in [5.74, 6) is -0.443. The van der Waals surface area contributed by atoms with Gasteiger partial charge in [0.15, 0.2) is 0 Å². The molecule has 1 aliphatic heterocycles. The normalized spacial score (nSPS) is 15.5. The fraction of sp³-hybridized carbons (Fsp3) is 0.500. The van der Waals surface area contributed by atoms with Gasteiger partial charge in [-0.1, -0.05) is 0 Å². The highest BCUT2D eigenvalue weighted by molar-refractivity contribution is 6.32. The molecule has 2 amide bonds. The van der Waals surface area contributed by atoms with Gasteiger partial charge in [-0.25, -0.2) is 0 Å². The number of hydrogen-bond donors (Lipinski definition) is 1. The van der Waals surface area contributed by atoms with Crippen molar-refractivity contribution in [3.05, 3.63) is 23.1 Å². The van der Waals surface area contributed by atoms with E-state index >= 15 is 0 Å². The zero-order chi connectivity index (χ0) is 13.0. The minimum atomic E-state index is -0.390. The van der Waals surface area contributed by atoms with E-state index in [2.05, 4.69) is 5.32 Å². The summed E-state index contributed by atoms with van der Waals surface area (Å²) >= 11 is 5.68. The number of carbonyl (C=O) groups is 2. The van der Waals surface area contributed by atoms with Crippen LogP contribution in [0.4, 0.5) is 0 Å². The molecule has 0 radical (unpaired) electrons. The zero-order valence-corrected chi connectivity index (χ0v) is 10.7. The van der Waals surface area contributed by atoms with Gasteiger partial charge < -0.3 is 14.6 Å². The Bertz CT molecular complexity index is 438. The Balaban J connectivity index is 1.82. The van der Waals surface area contributed by atoms with Gasteiger partial charge in [-0.2, -0.15) is 0 Å². The fourth-order valence-electron chi connectivity index (χ4n) is 1.96. The number of likely N-dealkylation sites (tertiary alicyclic amines) is 1. The van der Waals surface area contributed by atoms with Crippen molar-refractivity contribution in [3.8, 4) is 0 Å². The van der Waals surface area contributed by atoms with Gasteiger partial charge >= 0.3 is 0 Å². The SMILES string of the molecule is O=C(NCC(=O)N1CCCCC1)c1ccoc1Cl. The van der Waals surface area contributed by atoms with Crippen molar-refractivity contribution in [1.29, 1.82) is 0 Å². The first kappa shape index (κ1) is 13.0. The Kier molecular flexibility index (Phi) is 4.25. The third-order valence-electron chi connectivity index (χ3n) is 2.97. The first-order valence-corrected chi connectivity index (χ1v) is 6.35. The number of carbonyl (C=O) groups excluding carboxylic acids is 2. The number of amides is 2.